The van der Waals surface area contributed by atoms with E-state index in [9.17, 15) is 0 Å². The van der Waals surface area contributed by atoms with E-state index in [1.807, 2.05) is 12.1 Å². The van der Waals surface area contributed by atoms with Crippen molar-refractivity contribution in [2.24, 2.45) is 0 Å². The summed E-state index contributed by atoms with van der Waals surface area (Å²) >= 11 is 6.54. The van der Waals surface area contributed by atoms with Crippen molar-refractivity contribution < 1.29 is 9.47 Å². The van der Waals surface area contributed by atoms with Gasteiger partial charge in [0.25, 0.3) is 0 Å². The maximum Gasteiger partial charge on any atom is 0.189 e. The van der Waals surface area contributed by atoms with E-state index in [2.05, 4.69) is 72.2 Å². The fourth-order valence-electron chi connectivity index (χ4n) is 4.38. The molecular weight excluding hydrogens is 396 g/mol. The number of aryl methyl sites for hydroxylation is 2. The Bertz CT molecular complexity index is 996. The molecule has 0 bridgehead atoms. The lowest BCUT2D eigenvalue weighted by atomic mass is 10.0. The zero-order valence-corrected chi connectivity index (χ0v) is 18.0. The number of rotatable bonds is 3. The third kappa shape index (κ3) is 3.51. The number of nitrogens with zero attached hydrogens (tertiary/aromatic N) is 2. The van der Waals surface area contributed by atoms with E-state index in [1.165, 1.54) is 22.5 Å². The number of benzene rings is 3. The maximum atomic E-state index is 6.54. The van der Waals surface area contributed by atoms with E-state index in [0.717, 1.165) is 30.0 Å². The summed E-state index contributed by atoms with van der Waals surface area (Å²) in [6.45, 7) is 6.85. The van der Waals surface area contributed by atoms with Gasteiger partial charge in [-0.25, -0.2) is 0 Å². The zero-order valence-electron chi connectivity index (χ0n) is 17.3. The van der Waals surface area contributed by atoms with Crippen molar-refractivity contribution in [1.29, 1.82) is 0 Å². The first kappa shape index (κ1) is 19.3. The molecule has 0 saturated carbocycles. The lowest BCUT2D eigenvalue weighted by Crippen LogP contribution is -2.32. The van der Waals surface area contributed by atoms with Crippen molar-refractivity contribution >= 4 is 23.0 Å². The SMILES string of the molecule is Cc1ccc(N2CCN(c3ccc(C)cc3)C2c2cc(Cl)cc3c2OCOC3)cc1. The van der Waals surface area contributed by atoms with Crippen LogP contribution in [0.25, 0.3) is 0 Å². The molecule has 0 spiro atoms. The molecule has 2 aliphatic rings. The van der Waals surface area contributed by atoms with Crippen molar-refractivity contribution in [2.75, 3.05) is 29.7 Å². The van der Waals surface area contributed by atoms with Crippen LogP contribution < -0.4 is 14.5 Å². The second kappa shape index (κ2) is 7.86. The molecule has 30 heavy (non-hydrogen) atoms. The van der Waals surface area contributed by atoms with Gasteiger partial charge in [0.15, 0.2) is 6.79 Å². The highest BCUT2D eigenvalue weighted by Crippen LogP contribution is 2.44. The number of anilines is 2. The van der Waals surface area contributed by atoms with Crippen LogP contribution in [0.5, 0.6) is 5.75 Å². The van der Waals surface area contributed by atoms with Gasteiger partial charge in [-0.05, 0) is 50.2 Å². The largest absolute Gasteiger partial charge is 0.467 e. The summed E-state index contributed by atoms with van der Waals surface area (Å²) in [5.74, 6) is 0.895. The van der Waals surface area contributed by atoms with E-state index >= 15 is 0 Å². The van der Waals surface area contributed by atoms with Crippen LogP contribution in [0.4, 0.5) is 11.4 Å². The van der Waals surface area contributed by atoms with Crippen molar-refractivity contribution in [3.05, 3.63) is 87.9 Å². The summed E-state index contributed by atoms with van der Waals surface area (Å²) in [7, 11) is 0. The number of hydrogen-bond acceptors (Lipinski definition) is 4. The number of halogens is 1. The van der Waals surface area contributed by atoms with Gasteiger partial charge in [0, 0.05) is 40.6 Å². The maximum absolute atomic E-state index is 6.54. The molecule has 1 saturated heterocycles. The summed E-state index contributed by atoms with van der Waals surface area (Å²) < 4.78 is 11.5. The lowest BCUT2D eigenvalue weighted by molar-refractivity contribution is -0.0172. The Balaban J connectivity index is 1.65. The van der Waals surface area contributed by atoms with Gasteiger partial charge in [0.05, 0.1) is 6.61 Å². The fraction of sp³-hybridized carbons (Fsp3) is 0.280. The quantitative estimate of drug-likeness (QED) is 0.530. The van der Waals surface area contributed by atoms with Gasteiger partial charge >= 0.3 is 0 Å². The molecule has 2 aliphatic heterocycles. The molecule has 0 atom stereocenters. The van der Waals surface area contributed by atoms with Crippen LogP contribution in [-0.4, -0.2) is 19.9 Å². The topological polar surface area (TPSA) is 24.9 Å². The monoisotopic (exact) mass is 420 g/mol. The average Bonchev–Trinajstić information content (AvgIpc) is 3.19. The first-order valence-corrected chi connectivity index (χ1v) is 10.7. The Labute approximate surface area is 182 Å². The summed E-state index contributed by atoms with van der Waals surface area (Å²) in [5, 5.41) is 0.706. The van der Waals surface area contributed by atoms with E-state index < -0.39 is 0 Å². The fourth-order valence-corrected chi connectivity index (χ4v) is 4.63. The molecule has 154 valence electrons. The molecule has 5 rings (SSSR count). The molecule has 0 amide bonds. The number of hydrogen-bond donors (Lipinski definition) is 0. The Morgan fingerprint density at radius 1 is 0.833 bits per heavy atom. The van der Waals surface area contributed by atoms with Crippen LogP contribution in [-0.2, 0) is 11.3 Å². The second-order valence-corrected chi connectivity index (χ2v) is 8.46. The van der Waals surface area contributed by atoms with Crippen molar-refractivity contribution in [1.82, 2.24) is 0 Å². The highest BCUT2D eigenvalue weighted by Gasteiger charge is 2.37. The van der Waals surface area contributed by atoms with Crippen LogP contribution in [0, 0.1) is 13.8 Å². The predicted octanol–water partition coefficient (Wildman–Crippen LogP) is 5.85. The van der Waals surface area contributed by atoms with E-state index in [-0.39, 0.29) is 13.0 Å². The molecule has 0 unspecified atom stereocenters. The number of fused-ring (bicyclic) bond motifs is 1. The minimum absolute atomic E-state index is 0.0130. The molecule has 3 aromatic carbocycles. The van der Waals surface area contributed by atoms with Crippen LogP contribution in [0.1, 0.15) is 28.4 Å². The highest BCUT2D eigenvalue weighted by molar-refractivity contribution is 6.30. The molecule has 0 radical (unpaired) electrons. The highest BCUT2D eigenvalue weighted by atomic mass is 35.5. The Morgan fingerprint density at radius 3 is 1.97 bits per heavy atom. The second-order valence-electron chi connectivity index (χ2n) is 8.03. The molecule has 5 heteroatoms. The Kier molecular flexibility index (Phi) is 5.05. The van der Waals surface area contributed by atoms with E-state index in [1.54, 1.807) is 0 Å². The molecule has 4 nitrogen and oxygen atoms in total. The van der Waals surface area contributed by atoms with Crippen molar-refractivity contribution in [3.8, 4) is 5.75 Å². The van der Waals surface area contributed by atoms with Gasteiger partial charge < -0.3 is 19.3 Å². The summed E-state index contributed by atoms with van der Waals surface area (Å²) in [6.07, 6.45) is -0.0130. The summed E-state index contributed by atoms with van der Waals surface area (Å²) in [4.78, 5) is 4.87. The smallest absolute Gasteiger partial charge is 0.189 e. The predicted molar refractivity (Wildman–Crippen MR) is 122 cm³/mol. The first-order valence-electron chi connectivity index (χ1n) is 10.3. The van der Waals surface area contributed by atoms with Gasteiger partial charge in [0.1, 0.15) is 11.9 Å². The van der Waals surface area contributed by atoms with E-state index in [0.29, 0.717) is 11.6 Å². The van der Waals surface area contributed by atoms with Gasteiger partial charge in [0.2, 0.25) is 0 Å². The molecule has 0 N–H and O–H groups in total. The van der Waals surface area contributed by atoms with Crippen molar-refractivity contribution in [2.45, 2.75) is 26.6 Å². The average molecular weight is 421 g/mol. The van der Waals surface area contributed by atoms with Gasteiger partial charge in [-0.1, -0.05) is 47.0 Å². The minimum Gasteiger partial charge on any atom is -0.467 e. The summed E-state index contributed by atoms with van der Waals surface area (Å²) in [6, 6.07) is 21.4. The molecule has 3 aromatic rings. The molecule has 0 aliphatic carbocycles. The van der Waals surface area contributed by atoms with Crippen LogP contribution >= 0.6 is 11.6 Å². The Morgan fingerprint density at radius 2 is 1.40 bits per heavy atom. The first-order chi connectivity index (χ1) is 14.6. The lowest BCUT2D eigenvalue weighted by Gasteiger charge is -2.35. The zero-order chi connectivity index (χ0) is 20.7. The van der Waals surface area contributed by atoms with Crippen molar-refractivity contribution in [3.63, 3.8) is 0 Å². The third-order valence-corrected chi connectivity index (χ3v) is 6.10. The van der Waals surface area contributed by atoms with Crippen LogP contribution in [0.15, 0.2) is 60.7 Å². The molecule has 1 fully saturated rings. The molecule has 0 aromatic heterocycles. The Hall–Kier alpha value is -2.69. The van der Waals surface area contributed by atoms with Crippen LogP contribution in [0.2, 0.25) is 5.02 Å². The molecular formula is C25H25ClN2O2. The minimum atomic E-state index is -0.0130. The molecule has 2 heterocycles. The van der Waals surface area contributed by atoms with Gasteiger partial charge in [-0.2, -0.15) is 0 Å². The van der Waals surface area contributed by atoms with E-state index in [4.69, 9.17) is 21.1 Å². The van der Waals surface area contributed by atoms with Crippen LogP contribution in [0.3, 0.4) is 0 Å². The van der Waals surface area contributed by atoms with Gasteiger partial charge in [-0.15, -0.1) is 0 Å². The number of ether oxygens (including phenoxy) is 2. The summed E-state index contributed by atoms with van der Waals surface area (Å²) in [5.41, 5.74) is 6.99. The van der Waals surface area contributed by atoms with Gasteiger partial charge in [-0.3, -0.25) is 0 Å². The third-order valence-electron chi connectivity index (χ3n) is 5.89. The standard InChI is InChI=1S/C25H25ClN2O2/c1-17-3-7-21(8-4-17)27-11-12-28(22-9-5-18(2)6-10-22)25(27)23-14-20(26)13-19-15-29-16-30-24(19)23/h3-10,13-14,25H,11-12,15-16H2,1-2H3. The normalized spacial score (nSPS) is 16.5.